The van der Waals surface area contributed by atoms with E-state index in [1.165, 1.54) is 6.08 Å². The van der Waals surface area contributed by atoms with E-state index >= 15 is 0 Å². The Morgan fingerprint density at radius 3 is 2.27 bits per heavy atom. The summed E-state index contributed by atoms with van der Waals surface area (Å²) in [6, 6.07) is 0. The van der Waals surface area contributed by atoms with Crippen LogP contribution in [0.2, 0.25) is 0 Å². The van der Waals surface area contributed by atoms with E-state index in [4.69, 9.17) is 10.2 Å². The fraction of sp³-hybridized carbons (Fsp3) is 0.429. The Morgan fingerprint density at radius 1 is 1.27 bits per heavy atom. The molecule has 60 valence electrons. The van der Waals surface area contributed by atoms with Crippen LogP contribution in [0.1, 0.15) is 6.42 Å². The van der Waals surface area contributed by atoms with Gasteiger partial charge in [0.15, 0.2) is 0 Å². The van der Waals surface area contributed by atoms with Gasteiger partial charge >= 0.3 is 11.9 Å². The molecule has 2 N–H and O–H groups in total. The Kier molecular flexibility index (Phi) is 1.94. The van der Waals surface area contributed by atoms with Crippen molar-refractivity contribution in [1.29, 1.82) is 0 Å². The second kappa shape index (κ2) is 2.74. The zero-order valence-corrected chi connectivity index (χ0v) is 5.73. The van der Waals surface area contributed by atoms with Gasteiger partial charge in [-0.25, -0.2) is 0 Å². The summed E-state index contributed by atoms with van der Waals surface area (Å²) in [5.41, 5.74) is 0. The predicted octanol–water partition coefficient (Wildman–Crippen LogP) is 0.348. The maximum atomic E-state index is 10.4. The summed E-state index contributed by atoms with van der Waals surface area (Å²) in [6.07, 6.45) is 3.35. The Morgan fingerprint density at radius 2 is 1.91 bits per heavy atom. The maximum Gasteiger partial charge on any atom is 0.311 e. The summed E-state index contributed by atoms with van der Waals surface area (Å²) in [6.45, 7) is 0. The number of carbonyl (C=O) groups is 2. The molecule has 0 fully saturated rings. The van der Waals surface area contributed by atoms with Gasteiger partial charge in [0.25, 0.3) is 0 Å². The third-order valence-corrected chi connectivity index (χ3v) is 1.77. The van der Waals surface area contributed by atoms with Gasteiger partial charge < -0.3 is 10.2 Å². The molecule has 1 aliphatic carbocycles. The molecule has 0 aliphatic heterocycles. The molecule has 0 heterocycles. The molecule has 4 heteroatoms. The zero-order valence-electron chi connectivity index (χ0n) is 5.73. The number of carboxylic acid groups (broad SMARTS) is 2. The van der Waals surface area contributed by atoms with E-state index < -0.39 is 23.8 Å². The summed E-state index contributed by atoms with van der Waals surface area (Å²) in [5, 5.41) is 17.0. The highest BCUT2D eigenvalue weighted by Gasteiger charge is 2.33. The van der Waals surface area contributed by atoms with Crippen LogP contribution in [-0.4, -0.2) is 22.2 Å². The SMILES string of the molecule is O=C(O)C1C=CCC1C(=O)O. The van der Waals surface area contributed by atoms with Gasteiger partial charge in [0.1, 0.15) is 0 Å². The zero-order chi connectivity index (χ0) is 8.43. The molecule has 0 aromatic heterocycles. The van der Waals surface area contributed by atoms with E-state index in [9.17, 15) is 9.59 Å². The highest BCUT2D eigenvalue weighted by atomic mass is 16.4. The first-order valence-corrected chi connectivity index (χ1v) is 3.25. The van der Waals surface area contributed by atoms with Crippen molar-refractivity contribution in [2.24, 2.45) is 11.8 Å². The van der Waals surface area contributed by atoms with Crippen LogP contribution in [0.5, 0.6) is 0 Å². The fourth-order valence-corrected chi connectivity index (χ4v) is 1.16. The van der Waals surface area contributed by atoms with Gasteiger partial charge in [0.05, 0.1) is 11.8 Å². The van der Waals surface area contributed by atoms with Gasteiger partial charge in [-0.2, -0.15) is 0 Å². The standard InChI is InChI=1S/C7H8O4/c8-6(9)4-2-1-3-5(4)7(10)11/h1-2,4-5H,3H2,(H,8,9)(H,10,11). The third kappa shape index (κ3) is 1.39. The maximum absolute atomic E-state index is 10.4. The minimum absolute atomic E-state index is 0.326. The number of rotatable bonds is 2. The third-order valence-electron chi connectivity index (χ3n) is 1.77. The molecule has 0 amide bonds. The van der Waals surface area contributed by atoms with Crippen molar-refractivity contribution < 1.29 is 19.8 Å². The molecule has 1 aliphatic rings. The van der Waals surface area contributed by atoms with Crippen molar-refractivity contribution >= 4 is 11.9 Å². The molecule has 0 aromatic carbocycles. The fourth-order valence-electron chi connectivity index (χ4n) is 1.16. The first-order valence-electron chi connectivity index (χ1n) is 3.25. The summed E-state index contributed by atoms with van der Waals surface area (Å²) in [7, 11) is 0. The highest BCUT2D eigenvalue weighted by Crippen LogP contribution is 2.25. The van der Waals surface area contributed by atoms with Crippen molar-refractivity contribution in [2.75, 3.05) is 0 Å². The van der Waals surface area contributed by atoms with Crippen LogP contribution < -0.4 is 0 Å². The number of allylic oxidation sites excluding steroid dienone is 1. The van der Waals surface area contributed by atoms with Crippen molar-refractivity contribution in [2.45, 2.75) is 6.42 Å². The average Bonchev–Trinajstić information content (AvgIpc) is 2.32. The van der Waals surface area contributed by atoms with Crippen LogP contribution in [0.4, 0.5) is 0 Å². The molecule has 0 radical (unpaired) electrons. The van der Waals surface area contributed by atoms with E-state index in [2.05, 4.69) is 0 Å². The molecular formula is C7H8O4. The van der Waals surface area contributed by atoms with E-state index in [1.54, 1.807) is 6.08 Å². The van der Waals surface area contributed by atoms with Gasteiger partial charge in [-0.3, -0.25) is 9.59 Å². The molecule has 11 heavy (non-hydrogen) atoms. The lowest BCUT2D eigenvalue weighted by Crippen LogP contribution is -2.24. The van der Waals surface area contributed by atoms with E-state index in [-0.39, 0.29) is 0 Å². The van der Waals surface area contributed by atoms with E-state index in [1.807, 2.05) is 0 Å². The quantitative estimate of drug-likeness (QED) is 0.565. The minimum Gasteiger partial charge on any atom is -0.481 e. The topological polar surface area (TPSA) is 74.6 Å². The first-order chi connectivity index (χ1) is 5.13. The second-order valence-corrected chi connectivity index (χ2v) is 2.47. The molecule has 0 saturated heterocycles. The van der Waals surface area contributed by atoms with Crippen LogP contribution >= 0.6 is 0 Å². The molecule has 4 nitrogen and oxygen atoms in total. The van der Waals surface area contributed by atoms with Gasteiger partial charge in [0.2, 0.25) is 0 Å². The van der Waals surface area contributed by atoms with E-state index in [0.717, 1.165) is 0 Å². The Balaban J connectivity index is 2.71. The molecule has 1 rings (SSSR count). The van der Waals surface area contributed by atoms with Crippen molar-refractivity contribution in [3.8, 4) is 0 Å². The molecule has 2 atom stereocenters. The summed E-state index contributed by atoms with van der Waals surface area (Å²) in [4.78, 5) is 20.8. The van der Waals surface area contributed by atoms with Crippen LogP contribution in [0.25, 0.3) is 0 Å². The second-order valence-electron chi connectivity index (χ2n) is 2.47. The number of aliphatic carboxylic acids is 2. The Labute approximate surface area is 63.1 Å². The Hall–Kier alpha value is -1.32. The first kappa shape index (κ1) is 7.78. The average molecular weight is 156 g/mol. The normalized spacial score (nSPS) is 28.7. The molecular weight excluding hydrogens is 148 g/mol. The lowest BCUT2D eigenvalue weighted by Gasteiger charge is -2.08. The molecule has 0 aromatic rings. The molecule has 0 bridgehead atoms. The largest absolute Gasteiger partial charge is 0.481 e. The molecule has 0 saturated carbocycles. The summed E-state index contributed by atoms with van der Waals surface area (Å²) in [5.74, 6) is -3.71. The van der Waals surface area contributed by atoms with Gasteiger partial charge in [-0.1, -0.05) is 12.2 Å². The predicted molar refractivity (Wildman–Crippen MR) is 36.0 cm³/mol. The minimum atomic E-state index is -1.06. The van der Waals surface area contributed by atoms with Crippen molar-refractivity contribution in [3.05, 3.63) is 12.2 Å². The number of hydrogen-bond acceptors (Lipinski definition) is 2. The summed E-state index contributed by atoms with van der Waals surface area (Å²) < 4.78 is 0. The van der Waals surface area contributed by atoms with Crippen LogP contribution in [0.15, 0.2) is 12.2 Å². The number of hydrogen-bond donors (Lipinski definition) is 2. The summed E-state index contributed by atoms with van der Waals surface area (Å²) >= 11 is 0. The van der Waals surface area contributed by atoms with Gasteiger partial charge in [-0.05, 0) is 6.42 Å². The molecule has 2 unspecified atom stereocenters. The van der Waals surface area contributed by atoms with Gasteiger partial charge in [0, 0.05) is 0 Å². The highest BCUT2D eigenvalue weighted by molar-refractivity contribution is 5.82. The molecule has 0 spiro atoms. The van der Waals surface area contributed by atoms with Crippen molar-refractivity contribution in [1.82, 2.24) is 0 Å². The smallest absolute Gasteiger partial charge is 0.311 e. The lowest BCUT2D eigenvalue weighted by atomic mass is 9.96. The number of carboxylic acids is 2. The van der Waals surface area contributed by atoms with Crippen LogP contribution in [0.3, 0.4) is 0 Å². The van der Waals surface area contributed by atoms with Crippen LogP contribution in [-0.2, 0) is 9.59 Å². The van der Waals surface area contributed by atoms with Crippen LogP contribution in [0, 0.1) is 11.8 Å². The lowest BCUT2D eigenvalue weighted by molar-refractivity contribution is -0.151. The van der Waals surface area contributed by atoms with Crippen molar-refractivity contribution in [3.63, 3.8) is 0 Å². The van der Waals surface area contributed by atoms with Gasteiger partial charge in [-0.15, -0.1) is 0 Å². The Bertz CT molecular complexity index is 218. The van der Waals surface area contributed by atoms with E-state index in [0.29, 0.717) is 6.42 Å². The monoisotopic (exact) mass is 156 g/mol.